The maximum absolute atomic E-state index is 13.4. The predicted molar refractivity (Wildman–Crippen MR) is 131 cm³/mol. The summed E-state index contributed by atoms with van der Waals surface area (Å²) >= 11 is 0. The third-order valence-corrected chi connectivity index (χ3v) is 5.52. The van der Waals surface area contributed by atoms with Crippen molar-refractivity contribution in [2.24, 2.45) is 0 Å². The van der Waals surface area contributed by atoms with Crippen LogP contribution in [0.3, 0.4) is 0 Å². The number of rotatable bonds is 8. The van der Waals surface area contributed by atoms with Gasteiger partial charge in [-0.3, -0.25) is 9.69 Å². The zero-order valence-corrected chi connectivity index (χ0v) is 20.7. The van der Waals surface area contributed by atoms with Gasteiger partial charge < -0.3 is 28.4 Å². The molecule has 0 aromatic heterocycles. The molecule has 0 spiro atoms. The van der Waals surface area contributed by atoms with Crippen molar-refractivity contribution in [1.82, 2.24) is 4.90 Å². The lowest BCUT2D eigenvalue weighted by Gasteiger charge is -2.26. The first kappa shape index (κ1) is 25.0. The fourth-order valence-corrected chi connectivity index (χ4v) is 3.98. The van der Waals surface area contributed by atoms with E-state index in [1.807, 2.05) is 43.5 Å². The van der Waals surface area contributed by atoms with Crippen molar-refractivity contribution in [3.8, 4) is 34.5 Å². The number of ketones is 1. The number of carbonyl (C=O) groups is 1. The summed E-state index contributed by atoms with van der Waals surface area (Å²) in [5.41, 5.74) is 2.86. The number of benzene rings is 2. The van der Waals surface area contributed by atoms with Gasteiger partial charge in [0.05, 0.1) is 42.7 Å². The van der Waals surface area contributed by atoms with Gasteiger partial charge in [-0.15, -0.1) is 0 Å². The van der Waals surface area contributed by atoms with E-state index < -0.39 is 0 Å². The Labute approximate surface area is 200 Å². The SMILES string of the molecule is COc1cc(/C=C2/CN(C)C/C(=C\c3cc(OC)c(OC)c(OC)c3)C2=O)cc(OC)c1OC. The van der Waals surface area contributed by atoms with Crippen molar-refractivity contribution < 1.29 is 33.2 Å². The Bertz CT molecular complexity index is 985. The molecule has 0 N–H and O–H groups in total. The highest BCUT2D eigenvalue weighted by Crippen LogP contribution is 2.40. The summed E-state index contributed by atoms with van der Waals surface area (Å²) in [6.07, 6.45) is 3.71. The van der Waals surface area contributed by atoms with Crippen molar-refractivity contribution in [3.05, 3.63) is 46.5 Å². The molecule has 0 saturated carbocycles. The van der Waals surface area contributed by atoms with Gasteiger partial charge in [0.1, 0.15) is 0 Å². The third-order valence-electron chi connectivity index (χ3n) is 5.52. The Morgan fingerprint density at radius 2 is 0.941 bits per heavy atom. The Morgan fingerprint density at radius 3 is 1.21 bits per heavy atom. The van der Waals surface area contributed by atoms with Crippen LogP contribution in [0.2, 0.25) is 0 Å². The van der Waals surface area contributed by atoms with Crippen LogP contribution < -0.4 is 28.4 Å². The fraction of sp³-hybridized carbons (Fsp3) is 0.346. The normalized spacial score (nSPS) is 16.5. The first-order chi connectivity index (χ1) is 16.4. The first-order valence-corrected chi connectivity index (χ1v) is 10.6. The summed E-state index contributed by atoms with van der Waals surface area (Å²) in [6, 6.07) is 7.27. The van der Waals surface area contributed by atoms with Gasteiger partial charge in [0.25, 0.3) is 0 Å². The number of nitrogens with zero attached hydrogens (tertiary/aromatic N) is 1. The van der Waals surface area contributed by atoms with Crippen LogP contribution in [0.25, 0.3) is 12.2 Å². The number of methoxy groups -OCH3 is 6. The van der Waals surface area contributed by atoms with E-state index in [0.29, 0.717) is 58.7 Å². The maximum atomic E-state index is 13.4. The molecule has 0 atom stereocenters. The molecule has 2 aromatic carbocycles. The summed E-state index contributed by atoms with van der Waals surface area (Å²) in [5.74, 6) is 3.08. The van der Waals surface area contributed by atoms with Gasteiger partial charge in [0, 0.05) is 24.2 Å². The van der Waals surface area contributed by atoms with E-state index in [9.17, 15) is 4.79 Å². The van der Waals surface area contributed by atoms with Gasteiger partial charge in [-0.25, -0.2) is 0 Å². The molecular weight excluding hydrogens is 438 g/mol. The van der Waals surface area contributed by atoms with E-state index in [2.05, 4.69) is 4.90 Å². The molecule has 8 nitrogen and oxygen atoms in total. The molecule has 1 fully saturated rings. The molecule has 1 aliphatic heterocycles. The van der Waals surface area contributed by atoms with Crippen LogP contribution in [0.15, 0.2) is 35.4 Å². The summed E-state index contributed by atoms with van der Waals surface area (Å²) in [5, 5.41) is 0. The zero-order chi connectivity index (χ0) is 24.8. The number of likely N-dealkylation sites (N-methyl/N-ethyl adjacent to an activating group) is 1. The van der Waals surface area contributed by atoms with Crippen molar-refractivity contribution in [1.29, 1.82) is 0 Å². The van der Waals surface area contributed by atoms with E-state index in [1.165, 1.54) is 0 Å². The molecule has 0 amide bonds. The molecular formula is C26H31NO7. The number of hydrogen-bond acceptors (Lipinski definition) is 8. The van der Waals surface area contributed by atoms with Crippen molar-refractivity contribution >= 4 is 17.9 Å². The minimum absolute atomic E-state index is 0.0272. The van der Waals surface area contributed by atoms with Crippen LogP contribution in [0, 0.1) is 0 Å². The maximum Gasteiger partial charge on any atom is 0.203 e. The number of ether oxygens (including phenoxy) is 6. The fourth-order valence-electron chi connectivity index (χ4n) is 3.98. The molecule has 34 heavy (non-hydrogen) atoms. The Kier molecular flexibility index (Phi) is 8.07. The predicted octanol–water partition coefficient (Wildman–Crippen LogP) is 3.72. The molecule has 0 radical (unpaired) electrons. The van der Waals surface area contributed by atoms with Crippen LogP contribution in [0.1, 0.15) is 11.1 Å². The number of carbonyl (C=O) groups excluding carboxylic acids is 1. The van der Waals surface area contributed by atoms with E-state index >= 15 is 0 Å². The molecule has 3 rings (SSSR count). The molecule has 1 aliphatic rings. The van der Waals surface area contributed by atoms with Crippen molar-refractivity contribution in [2.75, 3.05) is 62.8 Å². The lowest BCUT2D eigenvalue weighted by Crippen LogP contribution is -2.34. The van der Waals surface area contributed by atoms with Gasteiger partial charge in [0.15, 0.2) is 28.8 Å². The topological polar surface area (TPSA) is 75.7 Å². The largest absolute Gasteiger partial charge is 0.493 e. The summed E-state index contributed by atoms with van der Waals surface area (Å²) in [7, 11) is 11.3. The van der Waals surface area contributed by atoms with Crippen molar-refractivity contribution in [2.45, 2.75) is 0 Å². The monoisotopic (exact) mass is 469 g/mol. The lowest BCUT2D eigenvalue weighted by molar-refractivity contribution is -0.113. The van der Waals surface area contributed by atoms with Gasteiger partial charge in [0.2, 0.25) is 11.5 Å². The van der Waals surface area contributed by atoms with Gasteiger partial charge in [-0.1, -0.05) is 0 Å². The highest BCUT2D eigenvalue weighted by Gasteiger charge is 2.25. The summed E-state index contributed by atoms with van der Waals surface area (Å²) < 4.78 is 32.6. The number of piperidine rings is 1. The highest BCUT2D eigenvalue weighted by atomic mass is 16.5. The van der Waals surface area contributed by atoms with Gasteiger partial charge in [-0.2, -0.15) is 0 Å². The van der Waals surface area contributed by atoms with E-state index in [4.69, 9.17) is 28.4 Å². The van der Waals surface area contributed by atoms with E-state index in [-0.39, 0.29) is 5.78 Å². The second-order valence-corrected chi connectivity index (χ2v) is 7.76. The molecule has 0 bridgehead atoms. The minimum Gasteiger partial charge on any atom is -0.493 e. The smallest absolute Gasteiger partial charge is 0.203 e. The average molecular weight is 470 g/mol. The Morgan fingerprint density at radius 1 is 0.618 bits per heavy atom. The Hall–Kier alpha value is -3.65. The van der Waals surface area contributed by atoms with Crippen LogP contribution >= 0.6 is 0 Å². The minimum atomic E-state index is -0.0272. The second kappa shape index (κ2) is 11.0. The standard InChI is InChI=1S/C26H31NO7/c1-27-14-18(8-16-10-20(29-2)25(33-6)21(11-16)30-3)24(28)19(15-27)9-17-12-22(31-4)26(34-7)23(13-17)32-5/h8-13H,14-15H2,1-7H3/b18-8-,19-9+. The van der Waals surface area contributed by atoms with Crippen LogP contribution in [0.4, 0.5) is 0 Å². The van der Waals surface area contributed by atoms with E-state index in [0.717, 1.165) is 11.1 Å². The number of hydrogen-bond donors (Lipinski definition) is 0. The summed E-state index contributed by atoms with van der Waals surface area (Å²) in [6.45, 7) is 1.03. The molecule has 8 heteroatoms. The zero-order valence-electron chi connectivity index (χ0n) is 20.7. The van der Waals surface area contributed by atoms with Crippen molar-refractivity contribution in [3.63, 3.8) is 0 Å². The third kappa shape index (κ3) is 5.12. The van der Waals surface area contributed by atoms with Crippen LogP contribution in [-0.4, -0.2) is 73.5 Å². The molecule has 0 aliphatic carbocycles. The molecule has 1 heterocycles. The molecule has 0 unspecified atom stereocenters. The molecule has 1 saturated heterocycles. The number of likely N-dealkylation sites (tertiary alicyclic amines) is 1. The Balaban J connectivity index is 2.03. The highest BCUT2D eigenvalue weighted by molar-refractivity contribution is 6.14. The molecule has 182 valence electrons. The van der Waals surface area contributed by atoms with Gasteiger partial charge >= 0.3 is 0 Å². The second-order valence-electron chi connectivity index (χ2n) is 7.76. The summed E-state index contributed by atoms with van der Waals surface area (Å²) in [4.78, 5) is 15.5. The molecule has 2 aromatic rings. The van der Waals surface area contributed by atoms with Crippen LogP contribution in [-0.2, 0) is 4.79 Å². The van der Waals surface area contributed by atoms with E-state index in [1.54, 1.807) is 42.7 Å². The average Bonchev–Trinajstić information content (AvgIpc) is 2.85. The number of Topliss-reactive ketones (excluding diaryl/α,β-unsaturated/α-hetero) is 1. The van der Waals surface area contributed by atoms with Gasteiger partial charge in [-0.05, 0) is 54.6 Å². The van der Waals surface area contributed by atoms with Crippen LogP contribution in [0.5, 0.6) is 34.5 Å². The quantitative estimate of drug-likeness (QED) is 0.542. The first-order valence-electron chi connectivity index (χ1n) is 10.6. The lowest BCUT2D eigenvalue weighted by atomic mass is 9.94.